The van der Waals surface area contributed by atoms with Gasteiger partial charge in [0.1, 0.15) is 6.04 Å². The van der Waals surface area contributed by atoms with Crippen molar-refractivity contribution in [1.29, 1.82) is 0 Å². The first-order valence-corrected chi connectivity index (χ1v) is 7.62. The highest BCUT2D eigenvalue weighted by Gasteiger charge is 2.44. The molecule has 1 saturated heterocycles. The van der Waals surface area contributed by atoms with Gasteiger partial charge in [-0.05, 0) is 31.6 Å². The van der Waals surface area contributed by atoms with Crippen LogP contribution >= 0.6 is 0 Å². The molecule has 1 aliphatic heterocycles. The number of rotatable bonds is 2. The van der Waals surface area contributed by atoms with Crippen LogP contribution in [0.2, 0.25) is 0 Å². The number of hydrogen-bond donors (Lipinski definition) is 1. The Labute approximate surface area is 123 Å². The van der Waals surface area contributed by atoms with Crippen LogP contribution in [0.5, 0.6) is 0 Å². The van der Waals surface area contributed by atoms with Crippen LogP contribution in [-0.2, 0) is 11.8 Å². The Balaban J connectivity index is 1.92. The van der Waals surface area contributed by atoms with Gasteiger partial charge >= 0.3 is 5.97 Å². The third kappa shape index (κ3) is 2.54. The van der Waals surface area contributed by atoms with Gasteiger partial charge in [0, 0.05) is 19.3 Å². The second-order valence-corrected chi connectivity index (χ2v) is 6.16. The maximum absolute atomic E-state index is 12.8. The Kier molecular flexibility index (Phi) is 3.69. The molecule has 1 aromatic heterocycles. The van der Waals surface area contributed by atoms with E-state index in [1.54, 1.807) is 22.8 Å². The smallest absolute Gasteiger partial charge is 0.326 e. The van der Waals surface area contributed by atoms with Crippen molar-refractivity contribution in [1.82, 2.24) is 14.7 Å². The van der Waals surface area contributed by atoms with Crippen LogP contribution in [0.1, 0.15) is 48.9 Å². The summed E-state index contributed by atoms with van der Waals surface area (Å²) in [5.41, 5.74) is 0.481. The topological polar surface area (TPSA) is 75.4 Å². The highest BCUT2D eigenvalue weighted by molar-refractivity contribution is 5.96. The van der Waals surface area contributed by atoms with Crippen LogP contribution in [0.25, 0.3) is 0 Å². The SMILES string of the molecule is Cn1cc(C(=O)N2C(C(=O)O)CCC3CCCCC32)cn1. The fourth-order valence-corrected chi connectivity index (χ4v) is 3.85. The van der Waals surface area contributed by atoms with Crippen LogP contribution in [0.4, 0.5) is 0 Å². The van der Waals surface area contributed by atoms with Crippen LogP contribution in [-0.4, -0.2) is 43.7 Å². The molecule has 2 fully saturated rings. The van der Waals surface area contributed by atoms with E-state index in [0.29, 0.717) is 17.9 Å². The van der Waals surface area contributed by atoms with Gasteiger partial charge in [0.2, 0.25) is 0 Å². The highest BCUT2D eigenvalue weighted by atomic mass is 16.4. The van der Waals surface area contributed by atoms with Gasteiger partial charge < -0.3 is 10.0 Å². The number of aliphatic carboxylic acids is 1. The minimum absolute atomic E-state index is 0.0707. The van der Waals surface area contributed by atoms with Crippen molar-refractivity contribution in [3.63, 3.8) is 0 Å². The van der Waals surface area contributed by atoms with Crippen LogP contribution in [0.15, 0.2) is 12.4 Å². The molecule has 2 heterocycles. The Morgan fingerprint density at radius 3 is 2.67 bits per heavy atom. The van der Waals surface area contributed by atoms with Gasteiger partial charge in [0.25, 0.3) is 5.91 Å². The fraction of sp³-hybridized carbons (Fsp3) is 0.667. The molecule has 114 valence electrons. The van der Waals surface area contributed by atoms with Crippen molar-refractivity contribution in [2.24, 2.45) is 13.0 Å². The number of fused-ring (bicyclic) bond motifs is 1. The van der Waals surface area contributed by atoms with Gasteiger partial charge in [0.15, 0.2) is 0 Å². The zero-order chi connectivity index (χ0) is 15.0. The van der Waals surface area contributed by atoms with Crippen molar-refractivity contribution in [3.05, 3.63) is 18.0 Å². The Bertz CT molecular complexity index is 554. The first kappa shape index (κ1) is 14.1. The highest BCUT2D eigenvalue weighted by Crippen LogP contribution is 2.38. The maximum Gasteiger partial charge on any atom is 0.326 e. The molecule has 3 atom stereocenters. The molecule has 0 radical (unpaired) electrons. The second-order valence-electron chi connectivity index (χ2n) is 6.16. The molecule has 2 aliphatic rings. The molecule has 0 spiro atoms. The third-order valence-electron chi connectivity index (χ3n) is 4.84. The molecular formula is C15H21N3O3. The normalized spacial score (nSPS) is 29.0. The summed E-state index contributed by atoms with van der Waals surface area (Å²) in [6, 6.07) is -0.627. The monoisotopic (exact) mass is 291 g/mol. The Morgan fingerprint density at radius 1 is 1.24 bits per heavy atom. The van der Waals surface area contributed by atoms with Crippen LogP contribution in [0.3, 0.4) is 0 Å². The minimum Gasteiger partial charge on any atom is -0.480 e. The van der Waals surface area contributed by atoms with Crippen LogP contribution in [0, 0.1) is 5.92 Å². The largest absolute Gasteiger partial charge is 0.480 e. The number of aryl methyl sites for hydroxylation is 1. The number of carboxylic acid groups (broad SMARTS) is 1. The zero-order valence-electron chi connectivity index (χ0n) is 12.2. The number of piperidine rings is 1. The molecule has 0 aromatic carbocycles. The summed E-state index contributed by atoms with van der Waals surface area (Å²) in [5.74, 6) is -0.627. The first-order chi connectivity index (χ1) is 10.1. The van der Waals surface area contributed by atoms with Crippen LogP contribution < -0.4 is 0 Å². The van der Waals surface area contributed by atoms with E-state index in [2.05, 4.69) is 5.10 Å². The number of carbonyl (C=O) groups excluding carboxylic acids is 1. The molecule has 21 heavy (non-hydrogen) atoms. The minimum atomic E-state index is -0.892. The van der Waals surface area contributed by atoms with Crippen molar-refractivity contribution in [2.45, 2.75) is 50.6 Å². The summed E-state index contributed by atoms with van der Waals surface area (Å²) < 4.78 is 1.57. The van der Waals surface area contributed by atoms with Crippen molar-refractivity contribution >= 4 is 11.9 Å². The van der Waals surface area contributed by atoms with E-state index >= 15 is 0 Å². The molecular weight excluding hydrogens is 270 g/mol. The van der Waals surface area contributed by atoms with E-state index in [-0.39, 0.29) is 11.9 Å². The molecule has 1 aromatic rings. The predicted molar refractivity (Wildman–Crippen MR) is 75.8 cm³/mol. The molecule has 6 heteroatoms. The third-order valence-corrected chi connectivity index (χ3v) is 4.84. The lowest BCUT2D eigenvalue weighted by molar-refractivity contribution is -0.146. The number of carbonyl (C=O) groups is 2. The molecule has 3 rings (SSSR count). The maximum atomic E-state index is 12.8. The summed E-state index contributed by atoms with van der Waals surface area (Å²) in [6.07, 6.45) is 8.94. The number of aromatic nitrogens is 2. The number of amides is 1. The number of likely N-dealkylation sites (tertiary alicyclic amines) is 1. The predicted octanol–water partition coefficient (Wildman–Crippen LogP) is 1.67. The van der Waals surface area contributed by atoms with E-state index in [9.17, 15) is 14.7 Å². The van der Waals surface area contributed by atoms with E-state index in [1.807, 2.05) is 0 Å². The van der Waals surface area contributed by atoms with Crippen molar-refractivity contribution < 1.29 is 14.7 Å². The van der Waals surface area contributed by atoms with E-state index < -0.39 is 12.0 Å². The second kappa shape index (κ2) is 5.50. The zero-order valence-corrected chi connectivity index (χ0v) is 12.2. The Hall–Kier alpha value is -1.85. The molecule has 3 unspecified atom stereocenters. The van der Waals surface area contributed by atoms with Gasteiger partial charge in [0.05, 0.1) is 11.8 Å². The average Bonchev–Trinajstić information content (AvgIpc) is 2.91. The molecule has 1 aliphatic carbocycles. The molecule has 0 bridgehead atoms. The summed E-state index contributed by atoms with van der Waals surface area (Å²) in [4.78, 5) is 26.0. The average molecular weight is 291 g/mol. The summed E-state index contributed by atoms with van der Waals surface area (Å²) >= 11 is 0. The lowest BCUT2D eigenvalue weighted by Crippen LogP contribution is -2.57. The number of carboxylic acids is 1. The van der Waals surface area contributed by atoms with Gasteiger partial charge in [-0.1, -0.05) is 12.8 Å². The van der Waals surface area contributed by atoms with E-state index in [4.69, 9.17) is 0 Å². The van der Waals surface area contributed by atoms with E-state index in [0.717, 1.165) is 25.7 Å². The number of nitrogens with zero attached hydrogens (tertiary/aromatic N) is 3. The summed E-state index contributed by atoms with van der Waals surface area (Å²) in [7, 11) is 1.76. The quantitative estimate of drug-likeness (QED) is 0.899. The molecule has 1 N–H and O–H groups in total. The first-order valence-electron chi connectivity index (χ1n) is 7.62. The van der Waals surface area contributed by atoms with Gasteiger partial charge in [-0.3, -0.25) is 9.48 Å². The molecule has 1 amide bonds. The lowest BCUT2D eigenvalue weighted by atomic mass is 9.76. The van der Waals surface area contributed by atoms with Crippen molar-refractivity contribution in [3.8, 4) is 0 Å². The van der Waals surface area contributed by atoms with Gasteiger partial charge in [-0.2, -0.15) is 5.10 Å². The Morgan fingerprint density at radius 2 is 2.00 bits per heavy atom. The van der Waals surface area contributed by atoms with Crippen molar-refractivity contribution in [2.75, 3.05) is 0 Å². The standard InChI is InChI=1S/C15H21N3O3/c1-17-9-11(8-16-17)14(19)18-12-5-3-2-4-10(12)6-7-13(18)15(20)21/h8-10,12-13H,2-7H2,1H3,(H,20,21). The fourth-order valence-electron chi connectivity index (χ4n) is 3.85. The summed E-state index contributed by atoms with van der Waals surface area (Å²) in [6.45, 7) is 0. The molecule has 1 saturated carbocycles. The van der Waals surface area contributed by atoms with E-state index in [1.165, 1.54) is 12.6 Å². The molecule has 6 nitrogen and oxygen atoms in total. The summed E-state index contributed by atoms with van der Waals surface area (Å²) in [5, 5.41) is 13.5. The number of hydrogen-bond acceptors (Lipinski definition) is 3. The van der Waals surface area contributed by atoms with Gasteiger partial charge in [-0.25, -0.2) is 4.79 Å². The van der Waals surface area contributed by atoms with Gasteiger partial charge in [-0.15, -0.1) is 0 Å². The lowest BCUT2D eigenvalue weighted by Gasteiger charge is -2.47.